The Morgan fingerprint density at radius 1 is 1.16 bits per heavy atom. The number of aryl methyl sites for hydroxylation is 1. The topological polar surface area (TPSA) is 42.0 Å². The number of halogens is 3. The molecule has 3 nitrogen and oxygen atoms in total. The Bertz CT molecular complexity index is 603. The number of aromatic nitrogens is 1. The predicted molar refractivity (Wildman–Crippen MR) is 63.2 cm³/mol. The molecule has 0 unspecified atom stereocenters. The summed E-state index contributed by atoms with van der Waals surface area (Å²) in [6.07, 6.45) is 1.53. The Hall–Kier alpha value is -2.37. The summed E-state index contributed by atoms with van der Waals surface area (Å²) in [5.74, 6) is -4.97. The van der Waals surface area contributed by atoms with Crippen LogP contribution in [0.25, 0.3) is 0 Å². The highest BCUT2D eigenvalue weighted by molar-refractivity contribution is 6.03. The number of nitrogens with one attached hydrogen (secondary N) is 1. The fourth-order valence-corrected chi connectivity index (χ4v) is 1.42. The maximum atomic E-state index is 13.0. The lowest BCUT2D eigenvalue weighted by molar-refractivity contribution is 0.102. The lowest BCUT2D eigenvalue weighted by atomic mass is 10.2. The SMILES string of the molecule is Cc1ccc(NC(=O)c2cc(F)c(F)c(F)c2)nc1. The highest BCUT2D eigenvalue weighted by atomic mass is 19.2. The van der Waals surface area contributed by atoms with E-state index in [0.29, 0.717) is 12.1 Å². The summed E-state index contributed by atoms with van der Waals surface area (Å²) >= 11 is 0. The molecule has 2 rings (SSSR count). The van der Waals surface area contributed by atoms with Crippen molar-refractivity contribution in [3.63, 3.8) is 0 Å². The minimum atomic E-state index is -1.61. The standard InChI is InChI=1S/C13H9F3N2O/c1-7-2-3-11(17-6-7)18-13(19)8-4-9(14)12(16)10(15)5-8/h2-6H,1H3,(H,17,18,19). The number of carbonyl (C=O) groups excluding carboxylic acids is 1. The van der Waals surface area contributed by atoms with E-state index in [-0.39, 0.29) is 11.4 Å². The van der Waals surface area contributed by atoms with E-state index in [1.54, 1.807) is 12.1 Å². The molecule has 1 aromatic carbocycles. The minimum Gasteiger partial charge on any atom is -0.307 e. The number of nitrogens with zero attached hydrogens (tertiary/aromatic N) is 1. The molecule has 0 aliphatic rings. The zero-order chi connectivity index (χ0) is 14.0. The second-order valence-electron chi connectivity index (χ2n) is 3.93. The quantitative estimate of drug-likeness (QED) is 0.849. The van der Waals surface area contributed by atoms with Crippen molar-refractivity contribution in [2.75, 3.05) is 5.32 Å². The molecule has 0 bridgehead atoms. The maximum Gasteiger partial charge on any atom is 0.257 e. The van der Waals surface area contributed by atoms with Crippen LogP contribution in [0.1, 0.15) is 15.9 Å². The summed E-state index contributed by atoms with van der Waals surface area (Å²) in [5, 5.41) is 2.35. The fraction of sp³-hybridized carbons (Fsp3) is 0.0769. The molecule has 1 amide bonds. The first-order valence-corrected chi connectivity index (χ1v) is 5.36. The number of hydrogen-bond acceptors (Lipinski definition) is 2. The van der Waals surface area contributed by atoms with Gasteiger partial charge in [-0.25, -0.2) is 18.2 Å². The van der Waals surface area contributed by atoms with Crippen molar-refractivity contribution < 1.29 is 18.0 Å². The first-order chi connectivity index (χ1) is 8.97. The molecule has 1 heterocycles. The second kappa shape index (κ2) is 5.09. The van der Waals surface area contributed by atoms with Gasteiger partial charge in [0.05, 0.1) is 0 Å². The van der Waals surface area contributed by atoms with Gasteiger partial charge in [-0.1, -0.05) is 6.07 Å². The summed E-state index contributed by atoms with van der Waals surface area (Å²) in [6.45, 7) is 1.82. The van der Waals surface area contributed by atoms with Crippen LogP contribution in [-0.4, -0.2) is 10.9 Å². The van der Waals surface area contributed by atoms with E-state index in [9.17, 15) is 18.0 Å². The normalized spacial score (nSPS) is 10.3. The maximum absolute atomic E-state index is 13.0. The summed E-state index contributed by atoms with van der Waals surface area (Å²) in [7, 11) is 0. The van der Waals surface area contributed by atoms with E-state index in [0.717, 1.165) is 5.56 Å². The summed E-state index contributed by atoms with van der Waals surface area (Å²) in [5.41, 5.74) is 0.579. The van der Waals surface area contributed by atoms with Crippen LogP contribution in [0.2, 0.25) is 0 Å². The number of carbonyl (C=O) groups is 1. The van der Waals surface area contributed by atoms with Crippen LogP contribution in [0, 0.1) is 24.4 Å². The van der Waals surface area contributed by atoms with Gasteiger partial charge in [0.15, 0.2) is 17.5 Å². The number of pyridine rings is 1. The molecule has 0 fully saturated rings. The molecule has 0 radical (unpaired) electrons. The third-order valence-electron chi connectivity index (χ3n) is 2.40. The number of amides is 1. The summed E-state index contributed by atoms with van der Waals surface area (Å²) in [4.78, 5) is 15.6. The van der Waals surface area contributed by atoms with Gasteiger partial charge < -0.3 is 5.32 Å². The summed E-state index contributed by atoms with van der Waals surface area (Å²) in [6, 6.07) is 4.52. The highest BCUT2D eigenvalue weighted by Crippen LogP contribution is 2.15. The van der Waals surface area contributed by atoms with Gasteiger partial charge in [-0.3, -0.25) is 4.79 Å². The van der Waals surface area contributed by atoms with Gasteiger partial charge in [0.1, 0.15) is 5.82 Å². The predicted octanol–water partition coefficient (Wildman–Crippen LogP) is 3.06. The average Bonchev–Trinajstić information content (AvgIpc) is 2.38. The zero-order valence-electron chi connectivity index (χ0n) is 9.88. The highest BCUT2D eigenvalue weighted by Gasteiger charge is 2.15. The van der Waals surface area contributed by atoms with Gasteiger partial charge in [-0.15, -0.1) is 0 Å². The van der Waals surface area contributed by atoms with Crippen molar-refractivity contribution in [2.24, 2.45) is 0 Å². The average molecular weight is 266 g/mol. The van der Waals surface area contributed by atoms with Gasteiger partial charge in [-0.2, -0.15) is 0 Å². The lowest BCUT2D eigenvalue weighted by Gasteiger charge is -2.05. The number of rotatable bonds is 2. The van der Waals surface area contributed by atoms with Gasteiger partial charge in [0, 0.05) is 11.8 Å². The molecule has 2 aromatic rings. The Balaban J connectivity index is 2.23. The summed E-state index contributed by atoms with van der Waals surface area (Å²) < 4.78 is 38.7. The van der Waals surface area contributed by atoms with Crippen molar-refractivity contribution >= 4 is 11.7 Å². The fourth-order valence-electron chi connectivity index (χ4n) is 1.42. The lowest BCUT2D eigenvalue weighted by Crippen LogP contribution is -2.14. The molecular weight excluding hydrogens is 257 g/mol. The van der Waals surface area contributed by atoms with Crippen LogP contribution in [0.5, 0.6) is 0 Å². The minimum absolute atomic E-state index is 0.237. The van der Waals surface area contributed by atoms with E-state index >= 15 is 0 Å². The van der Waals surface area contributed by atoms with E-state index in [1.807, 2.05) is 6.92 Å². The van der Waals surface area contributed by atoms with Crippen molar-refractivity contribution in [3.05, 3.63) is 59.0 Å². The molecule has 0 aliphatic carbocycles. The third-order valence-corrected chi connectivity index (χ3v) is 2.40. The number of anilines is 1. The molecule has 0 atom stereocenters. The van der Waals surface area contributed by atoms with Gasteiger partial charge >= 0.3 is 0 Å². The smallest absolute Gasteiger partial charge is 0.257 e. The van der Waals surface area contributed by atoms with Crippen LogP contribution < -0.4 is 5.32 Å². The third kappa shape index (κ3) is 2.90. The molecule has 0 saturated heterocycles. The Morgan fingerprint density at radius 2 is 1.79 bits per heavy atom. The molecule has 19 heavy (non-hydrogen) atoms. The molecule has 1 aromatic heterocycles. The molecule has 0 spiro atoms. The molecule has 6 heteroatoms. The van der Waals surface area contributed by atoms with Crippen LogP contribution in [0.4, 0.5) is 19.0 Å². The molecule has 0 saturated carbocycles. The van der Waals surface area contributed by atoms with E-state index in [2.05, 4.69) is 10.3 Å². The molecule has 98 valence electrons. The van der Waals surface area contributed by atoms with Crippen molar-refractivity contribution in [1.29, 1.82) is 0 Å². The van der Waals surface area contributed by atoms with Gasteiger partial charge in [-0.05, 0) is 30.7 Å². The Labute approximate surface area is 107 Å². The molecular formula is C13H9F3N2O. The Kier molecular flexibility index (Phi) is 3.50. The van der Waals surface area contributed by atoms with E-state index < -0.39 is 23.4 Å². The molecule has 0 aliphatic heterocycles. The first-order valence-electron chi connectivity index (χ1n) is 5.36. The van der Waals surface area contributed by atoms with Crippen molar-refractivity contribution in [2.45, 2.75) is 6.92 Å². The van der Waals surface area contributed by atoms with Gasteiger partial charge in [0.25, 0.3) is 5.91 Å². The second-order valence-corrected chi connectivity index (χ2v) is 3.93. The monoisotopic (exact) mass is 266 g/mol. The van der Waals surface area contributed by atoms with Crippen molar-refractivity contribution in [1.82, 2.24) is 4.98 Å². The Morgan fingerprint density at radius 3 is 2.32 bits per heavy atom. The first kappa shape index (κ1) is 13.1. The number of benzene rings is 1. The van der Waals surface area contributed by atoms with Crippen LogP contribution in [0.15, 0.2) is 30.5 Å². The van der Waals surface area contributed by atoms with Crippen LogP contribution in [-0.2, 0) is 0 Å². The van der Waals surface area contributed by atoms with Crippen LogP contribution in [0.3, 0.4) is 0 Å². The zero-order valence-corrected chi connectivity index (χ0v) is 9.88. The van der Waals surface area contributed by atoms with E-state index in [4.69, 9.17) is 0 Å². The van der Waals surface area contributed by atoms with E-state index in [1.165, 1.54) is 6.20 Å². The largest absolute Gasteiger partial charge is 0.307 e. The number of hydrogen-bond donors (Lipinski definition) is 1. The molecule has 1 N–H and O–H groups in total. The van der Waals surface area contributed by atoms with Crippen LogP contribution >= 0.6 is 0 Å². The van der Waals surface area contributed by atoms with Gasteiger partial charge in [0.2, 0.25) is 0 Å². The van der Waals surface area contributed by atoms with Crippen molar-refractivity contribution in [3.8, 4) is 0 Å².